The van der Waals surface area contributed by atoms with Crippen LogP contribution in [0.25, 0.3) is 11.3 Å². The van der Waals surface area contributed by atoms with Crippen molar-refractivity contribution in [2.24, 2.45) is 0 Å². The van der Waals surface area contributed by atoms with Gasteiger partial charge in [-0.15, -0.1) is 0 Å². The van der Waals surface area contributed by atoms with Gasteiger partial charge >= 0.3 is 6.09 Å². The van der Waals surface area contributed by atoms with E-state index < -0.39 is 6.09 Å². The lowest BCUT2D eigenvalue weighted by Gasteiger charge is -2.23. The third kappa shape index (κ3) is 4.35. The molecule has 0 spiro atoms. The van der Waals surface area contributed by atoms with E-state index in [2.05, 4.69) is 4.98 Å². The second-order valence-corrected chi connectivity index (χ2v) is 4.11. The van der Waals surface area contributed by atoms with E-state index in [9.17, 15) is 10.0 Å². The molecule has 0 bridgehead atoms. The van der Waals surface area contributed by atoms with Gasteiger partial charge in [0.2, 0.25) is 0 Å². The fourth-order valence-corrected chi connectivity index (χ4v) is 2.00. The Hall–Kier alpha value is -2.82. The Morgan fingerprint density at radius 3 is 2.50 bits per heavy atom. The van der Waals surface area contributed by atoms with Gasteiger partial charge in [0, 0.05) is 18.4 Å². The number of rotatable bonds is 1. The summed E-state index contributed by atoms with van der Waals surface area (Å²) < 4.78 is 4.81. The lowest BCUT2D eigenvalue weighted by molar-refractivity contribution is 0.105. The Balaban J connectivity index is 0.000000987. The van der Waals surface area contributed by atoms with Gasteiger partial charge in [-0.2, -0.15) is 10.3 Å². The molecule has 130 valence electrons. The molecule has 0 radical (unpaired) electrons. The summed E-state index contributed by atoms with van der Waals surface area (Å²) in [4.78, 5) is 14.1. The number of carbonyl (C=O) groups is 1. The molecule has 1 amide bonds. The lowest BCUT2D eigenvalue weighted by Crippen LogP contribution is -2.32. The molecule has 7 nitrogen and oxygen atoms in total. The van der Waals surface area contributed by atoms with Crippen molar-refractivity contribution in [1.82, 2.24) is 4.98 Å². The Bertz CT molecular complexity index is 704. The molecule has 7 heteroatoms. The van der Waals surface area contributed by atoms with Gasteiger partial charge in [0.15, 0.2) is 0 Å². The summed E-state index contributed by atoms with van der Waals surface area (Å²) in [7, 11) is 1.00. The normalized spacial score (nSPS) is 11.3. The van der Waals surface area contributed by atoms with E-state index in [1.807, 2.05) is 19.9 Å². The van der Waals surface area contributed by atoms with E-state index in [4.69, 9.17) is 15.1 Å². The van der Waals surface area contributed by atoms with Crippen LogP contribution in [0, 0.1) is 11.3 Å². The highest BCUT2D eigenvalue weighted by Gasteiger charge is 2.24. The number of hydroxylamine groups is 1. The number of ether oxygens (including phenoxy) is 1. The highest BCUT2D eigenvalue weighted by Crippen LogP contribution is 2.30. The second-order valence-electron chi connectivity index (χ2n) is 4.11. The van der Waals surface area contributed by atoms with Crippen molar-refractivity contribution < 1.29 is 19.8 Å². The summed E-state index contributed by atoms with van der Waals surface area (Å²) in [6, 6.07) is 10.7. The van der Waals surface area contributed by atoms with Crippen molar-refractivity contribution >= 4 is 11.8 Å². The number of hydrogen-bond acceptors (Lipinski definition) is 5. The van der Waals surface area contributed by atoms with Crippen LogP contribution in [0.1, 0.15) is 32.5 Å². The molecular weight excluding hydrogens is 310 g/mol. The van der Waals surface area contributed by atoms with E-state index in [1.54, 1.807) is 30.3 Å². The van der Waals surface area contributed by atoms with Gasteiger partial charge in [0.25, 0.3) is 0 Å². The zero-order valence-corrected chi connectivity index (χ0v) is 13.2. The monoisotopic (exact) mass is 333 g/mol. The minimum Gasteiger partial charge on any atom is -0.443 e. The number of aliphatic hydroxyl groups is 1. The first-order chi connectivity index (χ1) is 11.2. The Morgan fingerprint density at radius 2 is 1.92 bits per heavy atom. The predicted molar refractivity (Wildman–Crippen MR) is 91.6 cm³/mol. The maximum atomic E-state index is 11.2. The summed E-state index contributed by atoms with van der Waals surface area (Å²) >= 11 is 0. The van der Waals surface area contributed by atoms with Crippen molar-refractivity contribution in [3.63, 3.8) is 0 Å². The number of cyclic esters (lactones) is 1. The first-order valence-corrected chi connectivity index (χ1v) is 7.02. The molecule has 0 saturated heterocycles. The first kappa shape index (κ1) is 21.2. The van der Waals surface area contributed by atoms with Crippen molar-refractivity contribution in [3.05, 3.63) is 41.6 Å². The van der Waals surface area contributed by atoms with Crippen LogP contribution in [0.4, 0.5) is 10.5 Å². The van der Waals surface area contributed by atoms with Crippen LogP contribution in [0.5, 0.6) is 0 Å². The third-order valence-corrected chi connectivity index (χ3v) is 2.95. The summed E-state index contributed by atoms with van der Waals surface area (Å²) in [6.45, 7) is 4.12. The van der Waals surface area contributed by atoms with E-state index in [1.165, 1.54) is 0 Å². The SMILES string of the molecule is C.CC.CO.N#Cc1ccc(-c2ccc3c(c2)COC(=O)N3O)[nH]1. The molecule has 3 rings (SSSR count). The molecule has 24 heavy (non-hydrogen) atoms. The van der Waals surface area contributed by atoms with Crippen molar-refractivity contribution in [3.8, 4) is 17.3 Å². The molecule has 1 aromatic carbocycles. The van der Waals surface area contributed by atoms with Gasteiger partial charge < -0.3 is 14.8 Å². The van der Waals surface area contributed by atoms with Crippen LogP contribution in [0.2, 0.25) is 0 Å². The van der Waals surface area contributed by atoms with E-state index >= 15 is 0 Å². The number of anilines is 1. The van der Waals surface area contributed by atoms with Gasteiger partial charge in [-0.05, 0) is 29.8 Å². The zero-order valence-electron chi connectivity index (χ0n) is 13.2. The van der Waals surface area contributed by atoms with Crippen LogP contribution in [0.3, 0.4) is 0 Å². The number of fused-ring (bicyclic) bond motifs is 1. The smallest absolute Gasteiger partial charge is 0.438 e. The Morgan fingerprint density at radius 1 is 1.25 bits per heavy atom. The maximum absolute atomic E-state index is 11.2. The predicted octanol–water partition coefficient (Wildman–Crippen LogP) is 3.67. The largest absolute Gasteiger partial charge is 0.443 e. The minimum absolute atomic E-state index is 0. The highest BCUT2D eigenvalue weighted by molar-refractivity contribution is 5.88. The van der Waals surface area contributed by atoms with Crippen LogP contribution in [-0.2, 0) is 11.3 Å². The molecule has 0 atom stereocenters. The fourth-order valence-electron chi connectivity index (χ4n) is 2.00. The molecule has 2 aromatic rings. The second kappa shape index (κ2) is 10.0. The summed E-state index contributed by atoms with van der Waals surface area (Å²) in [6.07, 6.45) is -0.785. The minimum atomic E-state index is -0.785. The number of nitriles is 1. The molecule has 0 aliphatic carbocycles. The zero-order chi connectivity index (χ0) is 17.4. The van der Waals surface area contributed by atoms with Crippen LogP contribution < -0.4 is 5.06 Å². The average molecular weight is 333 g/mol. The Labute approximate surface area is 141 Å². The number of nitrogens with one attached hydrogen (secondary N) is 1. The molecule has 0 fully saturated rings. The topological polar surface area (TPSA) is 110 Å². The van der Waals surface area contributed by atoms with Crippen molar-refractivity contribution in [1.29, 1.82) is 5.26 Å². The van der Waals surface area contributed by atoms with Gasteiger partial charge in [0.05, 0.1) is 5.69 Å². The number of benzene rings is 1. The number of amides is 1. The molecule has 1 aromatic heterocycles. The molecule has 0 unspecified atom stereocenters. The van der Waals surface area contributed by atoms with E-state index in [-0.39, 0.29) is 14.0 Å². The standard InChI is InChI=1S/C13H9N3O3.C2H6.CH4O.CH4/c14-6-10-2-3-11(15-10)8-1-4-12-9(5-8)7-19-13(17)16(12)18;2*1-2;/h1-5,15,18H,7H2;1-2H3;2H,1H3;1H4. The first-order valence-electron chi connectivity index (χ1n) is 7.02. The van der Waals surface area contributed by atoms with E-state index in [0.717, 1.165) is 18.4 Å². The lowest BCUT2D eigenvalue weighted by atomic mass is 10.1. The van der Waals surface area contributed by atoms with Crippen LogP contribution >= 0.6 is 0 Å². The van der Waals surface area contributed by atoms with Crippen molar-refractivity contribution in [2.45, 2.75) is 27.9 Å². The molecule has 0 saturated carbocycles. The van der Waals surface area contributed by atoms with Gasteiger partial charge in [-0.25, -0.2) is 4.79 Å². The number of carbonyl (C=O) groups excluding carboxylic acids is 1. The van der Waals surface area contributed by atoms with E-state index in [0.29, 0.717) is 22.0 Å². The number of aromatic amines is 1. The molecule has 1 aliphatic heterocycles. The Kier molecular flexibility index (Phi) is 8.87. The molecular formula is C17H23N3O4. The quantitative estimate of drug-likeness (QED) is 0.690. The third-order valence-electron chi connectivity index (χ3n) is 2.95. The number of hydrogen-bond donors (Lipinski definition) is 3. The maximum Gasteiger partial charge on any atom is 0.438 e. The number of aliphatic hydroxyl groups excluding tert-OH is 1. The van der Waals surface area contributed by atoms with Gasteiger partial charge in [0.1, 0.15) is 18.4 Å². The van der Waals surface area contributed by atoms with Crippen LogP contribution in [0.15, 0.2) is 30.3 Å². The van der Waals surface area contributed by atoms with Crippen LogP contribution in [-0.4, -0.2) is 28.5 Å². The summed E-state index contributed by atoms with van der Waals surface area (Å²) in [5.41, 5.74) is 3.23. The summed E-state index contributed by atoms with van der Waals surface area (Å²) in [5.74, 6) is 0. The van der Waals surface area contributed by atoms with Gasteiger partial charge in [-0.1, -0.05) is 27.3 Å². The van der Waals surface area contributed by atoms with Crippen molar-refractivity contribution in [2.75, 3.05) is 12.2 Å². The number of aromatic nitrogens is 1. The molecule has 2 heterocycles. The van der Waals surface area contributed by atoms with Gasteiger partial charge in [-0.3, -0.25) is 5.21 Å². The number of nitrogens with zero attached hydrogens (tertiary/aromatic N) is 2. The highest BCUT2D eigenvalue weighted by atomic mass is 16.6. The fraction of sp³-hybridized carbons (Fsp3) is 0.294. The molecule has 1 aliphatic rings. The summed E-state index contributed by atoms with van der Waals surface area (Å²) in [5, 5.41) is 25.8. The number of H-pyrrole nitrogens is 1. The molecule has 3 N–H and O–H groups in total. The average Bonchev–Trinajstić information content (AvgIpc) is 3.11.